The van der Waals surface area contributed by atoms with Gasteiger partial charge in [-0.1, -0.05) is 6.08 Å². The molecule has 1 aliphatic rings. The molecule has 1 fully saturated rings. The molecule has 5 nitrogen and oxygen atoms in total. The van der Waals surface area contributed by atoms with Gasteiger partial charge in [-0.15, -0.1) is 0 Å². The number of ether oxygens (including phenoxy) is 1. The molecule has 0 aliphatic carbocycles. The monoisotopic (exact) mass is 199 g/mol. The molecule has 1 unspecified atom stereocenters. The number of carbonyl (C=O) groups is 2. The lowest BCUT2D eigenvalue weighted by Crippen LogP contribution is -2.54. The molecular weight excluding hydrogens is 186 g/mol. The third kappa shape index (κ3) is 2.11. The maximum atomic E-state index is 11.2. The van der Waals surface area contributed by atoms with Crippen LogP contribution >= 0.6 is 0 Å². The molecule has 14 heavy (non-hydrogen) atoms. The van der Waals surface area contributed by atoms with Gasteiger partial charge in [-0.3, -0.25) is 4.79 Å². The van der Waals surface area contributed by atoms with Gasteiger partial charge in [-0.05, 0) is 13.0 Å². The highest BCUT2D eigenvalue weighted by Gasteiger charge is 2.43. The Morgan fingerprint density at radius 2 is 2.29 bits per heavy atom. The van der Waals surface area contributed by atoms with E-state index in [1.807, 2.05) is 0 Å². The van der Waals surface area contributed by atoms with E-state index in [0.29, 0.717) is 13.0 Å². The fraction of sp³-hybridized carbons (Fsp3) is 0.556. The Hall–Kier alpha value is -1.36. The van der Waals surface area contributed by atoms with Crippen molar-refractivity contribution in [3.63, 3.8) is 0 Å². The Bertz CT molecular complexity index is 266. The summed E-state index contributed by atoms with van der Waals surface area (Å²) in [7, 11) is 0. The van der Waals surface area contributed by atoms with E-state index in [-0.39, 0.29) is 6.61 Å². The van der Waals surface area contributed by atoms with Gasteiger partial charge in [0.05, 0.1) is 6.61 Å². The van der Waals surface area contributed by atoms with Crippen LogP contribution in [0, 0.1) is 0 Å². The summed E-state index contributed by atoms with van der Waals surface area (Å²) in [4.78, 5) is 22.1. The van der Waals surface area contributed by atoms with Gasteiger partial charge in [-0.2, -0.15) is 0 Å². The highest BCUT2D eigenvalue weighted by Crippen LogP contribution is 2.18. The molecule has 0 radical (unpaired) electrons. The number of amides is 1. The predicted octanol–water partition coefficient (Wildman–Crippen LogP) is -0.0776. The molecule has 1 atom stereocenters. The maximum Gasteiger partial charge on any atom is 0.331 e. The van der Waals surface area contributed by atoms with Crippen molar-refractivity contribution in [2.75, 3.05) is 13.2 Å². The maximum absolute atomic E-state index is 11.2. The summed E-state index contributed by atoms with van der Waals surface area (Å²) in [6, 6.07) is 0. The zero-order chi connectivity index (χ0) is 10.6. The molecule has 78 valence electrons. The molecule has 1 aliphatic heterocycles. The lowest BCUT2D eigenvalue weighted by Gasteiger charge is -2.22. The number of carbonyl (C=O) groups excluding carboxylic acids is 1. The van der Waals surface area contributed by atoms with E-state index in [1.165, 1.54) is 6.08 Å². The highest BCUT2D eigenvalue weighted by atomic mass is 16.5. The van der Waals surface area contributed by atoms with E-state index < -0.39 is 17.4 Å². The largest absolute Gasteiger partial charge is 0.479 e. The third-order valence-electron chi connectivity index (χ3n) is 2.11. The van der Waals surface area contributed by atoms with Crippen LogP contribution in [0.5, 0.6) is 0 Å². The first-order chi connectivity index (χ1) is 6.60. The van der Waals surface area contributed by atoms with E-state index in [0.717, 1.165) is 0 Å². The van der Waals surface area contributed by atoms with Gasteiger partial charge in [0.25, 0.3) is 0 Å². The van der Waals surface area contributed by atoms with Crippen LogP contribution in [0.4, 0.5) is 0 Å². The van der Waals surface area contributed by atoms with Crippen molar-refractivity contribution in [3.8, 4) is 0 Å². The lowest BCUT2D eigenvalue weighted by molar-refractivity contribution is -0.147. The molecule has 0 aromatic rings. The molecule has 1 saturated heterocycles. The number of rotatable bonds is 3. The Kier molecular flexibility index (Phi) is 3.24. The molecule has 2 N–H and O–H groups in total. The second kappa shape index (κ2) is 4.23. The molecule has 0 saturated carbocycles. The number of hydrogen-bond acceptors (Lipinski definition) is 3. The van der Waals surface area contributed by atoms with Crippen molar-refractivity contribution in [2.24, 2.45) is 0 Å². The second-order valence-corrected chi connectivity index (χ2v) is 3.18. The summed E-state index contributed by atoms with van der Waals surface area (Å²) in [6.07, 6.45) is 3.16. The van der Waals surface area contributed by atoms with Gasteiger partial charge < -0.3 is 15.2 Å². The second-order valence-electron chi connectivity index (χ2n) is 3.18. The number of carboxylic acid groups (broad SMARTS) is 1. The fourth-order valence-corrected chi connectivity index (χ4v) is 1.31. The van der Waals surface area contributed by atoms with Crippen LogP contribution in [-0.2, 0) is 14.3 Å². The van der Waals surface area contributed by atoms with Gasteiger partial charge in [0.1, 0.15) is 0 Å². The van der Waals surface area contributed by atoms with E-state index in [1.54, 1.807) is 13.0 Å². The van der Waals surface area contributed by atoms with Crippen LogP contribution in [-0.4, -0.2) is 35.7 Å². The molecular formula is C9H13NO4. The highest BCUT2D eigenvalue weighted by molar-refractivity contribution is 5.93. The van der Waals surface area contributed by atoms with Crippen LogP contribution < -0.4 is 5.32 Å². The van der Waals surface area contributed by atoms with Crippen molar-refractivity contribution >= 4 is 11.9 Å². The molecule has 5 heteroatoms. The number of allylic oxidation sites excluding steroid dienone is 1. The first kappa shape index (κ1) is 10.7. The summed E-state index contributed by atoms with van der Waals surface area (Å²) < 4.78 is 4.98. The third-order valence-corrected chi connectivity index (χ3v) is 2.11. The molecule has 0 spiro atoms. The zero-order valence-electron chi connectivity index (χ0n) is 7.95. The summed E-state index contributed by atoms with van der Waals surface area (Å²) in [6.45, 7) is 2.09. The van der Waals surface area contributed by atoms with Crippen molar-refractivity contribution in [2.45, 2.75) is 18.9 Å². The number of aliphatic carboxylic acids is 1. The Morgan fingerprint density at radius 3 is 2.71 bits per heavy atom. The Morgan fingerprint density at radius 1 is 1.57 bits per heavy atom. The summed E-state index contributed by atoms with van der Waals surface area (Å²) in [5.41, 5.74) is -1.24. The minimum absolute atomic E-state index is 0.0334. The predicted molar refractivity (Wildman–Crippen MR) is 48.8 cm³/mol. The number of hydrogen-bond donors (Lipinski definition) is 2. The van der Waals surface area contributed by atoms with Crippen LogP contribution in [0.25, 0.3) is 0 Å². The van der Waals surface area contributed by atoms with Gasteiger partial charge >= 0.3 is 5.97 Å². The smallest absolute Gasteiger partial charge is 0.331 e. The molecule has 0 aromatic carbocycles. The molecule has 0 aromatic heterocycles. The number of carboxylic acids is 1. The average Bonchev–Trinajstić information content (AvgIpc) is 2.54. The zero-order valence-corrected chi connectivity index (χ0v) is 7.95. The average molecular weight is 199 g/mol. The molecule has 1 rings (SSSR count). The van der Waals surface area contributed by atoms with Gasteiger partial charge in [0.2, 0.25) is 5.91 Å². The SMILES string of the molecule is C/C=C/C(=O)NC1(C(=O)O)CCOC1. The molecule has 1 heterocycles. The molecule has 0 bridgehead atoms. The van der Waals surface area contributed by atoms with Crippen molar-refractivity contribution in [1.82, 2.24) is 5.32 Å². The van der Waals surface area contributed by atoms with E-state index in [4.69, 9.17) is 9.84 Å². The van der Waals surface area contributed by atoms with Crippen molar-refractivity contribution in [3.05, 3.63) is 12.2 Å². The Balaban J connectivity index is 2.70. The normalized spacial score (nSPS) is 26.6. The van der Waals surface area contributed by atoms with Gasteiger partial charge in [-0.25, -0.2) is 4.79 Å². The minimum atomic E-state index is -1.24. The standard InChI is InChI=1S/C9H13NO4/c1-2-3-7(11)10-9(8(12)13)4-5-14-6-9/h2-3H,4-6H2,1H3,(H,10,11)(H,12,13)/b3-2+. The van der Waals surface area contributed by atoms with Crippen LogP contribution in [0.1, 0.15) is 13.3 Å². The minimum Gasteiger partial charge on any atom is -0.479 e. The summed E-state index contributed by atoms with van der Waals surface area (Å²) >= 11 is 0. The Labute approximate surface area is 81.7 Å². The number of nitrogens with one attached hydrogen (secondary N) is 1. The first-order valence-corrected chi connectivity index (χ1v) is 4.37. The molecule has 1 amide bonds. The van der Waals surface area contributed by atoms with Crippen LogP contribution in [0.3, 0.4) is 0 Å². The van der Waals surface area contributed by atoms with Crippen molar-refractivity contribution in [1.29, 1.82) is 0 Å². The first-order valence-electron chi connectivity index (χ1n) is 4.37. The van der Waals surface area contributed by atoms with Crippen LogP contribution in [0.15, 0.2) is 12.2 Å². The van der Waals surface area contributed by atoms with E-state index in [2.05, 4.69) is 5.32 Å². The van der Waals surface area contributed by atoms with Gasteiger partial charge in [0, 0.05) is 13.0 Å². The van der Waals surface area contributed by atoms with E-state index in [9.17, 15) is 9.59 Å². The van der Waals surface area contributed by atoms with Gasteiger partial charge in [0.15, 0.2) is 5.54 Å². The fourth-order valence-electron chi connectivity index (χ4n) is 1.31. The van der Waals surface area contributed by atoms with Crippen LogP contribution in [0.2, 0.25) is 0 Å². The summed E-state index contributed by atoms with van der Waals surface area (Å²) in [5, 5.41) is 11.4. The lowest BCUT2D eigenvalue weighted by atomic mass is 9.99. The topological polar surface area (TPSA) is 75.6 Å². The van der Waals surface area contributed by atoms with E-state index >= 15 is 0 Å². The van der Waals surface area contributed by atoms with Crippen molar-refractivity contribution < 1.29 is 19.4 Å². The quantitative estimate of drug-likeness (QED) is 0.623. The summed E-state index contributed by atoms with van der Waals surface area (Å²) in [5.74, 6) is -1.45.